The number of hydrogen-bond donors (Lipinski definition) is 1. The van der Waals surface area contributed by atoms with Gasteiger partial charge in [0.2, 0.25) is 0 Å². The number of aliphatic hydroxyl groups is 1. The molecule has 0 saturated heterocycles. The Balaban J connectivity index is 1.57. The lowest BCUT2D eigenvalue weighted by molar-refractivity contribution is 0.0627. The first kappa shape index (κ1) is 14.7. The third kappa shape index (κ3) is 2.14. The molecule has 4 heterocycles. The van der Waals surface area contributed by atoms with Gasteiger partial charge in [-0.2, -0.15) is 0 Å². The Kier molecular flexibility index (Phi) is 3.23. The van der Waals surface area contributed by atoms with Gasteiger partial charge in [0.05, 0.1) is 23.6 Å². The average Bonchev–Trinajstić information content (AvgIpc) is 3.25. The molecule has 25 heavy (non-hydrogen) atoms. The number of thiophene rings is 1. The molecule has 1 aliphatic carbocycles. The summed E-state index contributed by atoms with van der Waals surface area (Å²) in [5.74, 6) is 0.780. The van der Waals surface area contributed by atoms with Gasteiger partial charge in [0.15, 0.2) is 6.23 Å². The van der Waals surface area contributed by atoms with Crippen LogP contribution in [0.5, 0.6) is 5.75 Å². The van der Waals surface area contributed by atoms with Crippen molar-refractivity contribution in [1.82, 2.24) is 9.88 Å². The van der Waals surface area contributed by atoms with Crippen molar-refractivity contribution < 1.29 is 14.6 Å². The van der Waals surface area contributed by atoms with Crippen molar-refractivity contribution in [3.05, 3.63) is 64.7 Å². The molecule has 126 valence electrons. The molecule has 2 aliphatic heterocycles. The highest BCUT2D eigenvalue weighted by atomic mass is 32.1. The molecule has 2 aromatic rings. The quantitative estimate of drug-likeness (QED) is 0.893. The van der Waals surface area contributed by atoms with Crippen molar-refractivity contribution in [1.29, 1.82) is 0 Å². The van der Waals surface area contributed by atoms with Crippen LogP contribution in [0.4, 0.5) is 0 Å². The van der Waals surface area contributed by atoms with E-state index < -0.39 is 6.23 Å². The molecule has 0 saturated carbocycles. The predicted octanol–water partition coefficient (Wildman–Crippen LogP) is 3.71. The fourth-order valence-electron chi connectivity index (χ4n) is 3.52. The summed E-state index contributed by atoms with van der Waals surface area (Å²) in [6.45, 7) is 0. The molecule has 2 aromatic heterocycles. The van der Waals surface area contributed by atoms with Crippen LogP contribution in [0.15, 0.2) is 54.2 Å². The van der Waals surface area contributed by atoms with Gasteiger partial charge in [0.25, 0.3) is 0 Å². The molecule has 0 bridgehead atoms. The highest BCUT2D eigenvalue weighted by Gasteiger charge is 2.30. The lowest BCUT2D eigenvalue weighted by Gasteiger charge is -2.32. The van der Waals surface area contributed by atoms with Crippen molar-refractivity contribution in [2.75, 3.05) is 7.11 Å². The lowest BCUT2D eigenvalue weighted by Crippen LogP contribution is -2.26. The summed E-state index contributed by atoms with van der Waals surface area (Å²) in [5.41, 5.74) is 3.11. The van der Waals surface area contributed by atoms with Crippen LogP contribution in [0, 0.1) is 0 Å². The van der Waals surface area contributed by atoms with Crippen molar-refractivity contribution in [2.24, 2.45) is 0 Å². The zero-order valence-corrected chi connectivity index (χ0v) is 14.4. The molecule has 5 rings (SSSR count). The maximum Gasteiger partial charge on any atom is 0.167 e. The van der Waals surface area contributed by atoms with E-state index in [1.165, 1.54) is 11.3 Å². The van der Waals surface area contributed by atoms with Gasteiger partial charge < -0.3 is 19.5 Å². The number of fused-ring (bicyclic) bond motifs is 4. The normalized spacial score (nSPS) is 23.8. The minimum Gasteiger partial charge on any atom is -0.496 e. The molecule has 1 N–H and O–H groups in total. The monoisotopic (exact) mass is 352 g/mol. The summed E-state index contributed by atoms with van der Waals surface area (Å²) < 4.78 is 11.0. The number of aliphatic hydroxyl groups excluding tert-OH is 1. The van der Waals surface area contributed by atoms with Gasteiger partial charge in [-0.1, -0.05) is 6.08 Å². The van der Waals surface area contributed by atoms with Crippen molar-refractivity contribution in [3.8, 4) is 5.75 Å². The van der Waals surface area contributed by atoms with Crippen LogP contribution in [0.25, 0.3) is 16.3 Å². The minimum atomic E-state index is -0.741. The number of hydrogen-bond acceptors (Lipinski definition) is 6. The SMILES string of the molecule is COc1ccnc2sc3c(c12)C=CN(C1=CCC2OC=CC2=C1)C3O. The second-order valence-corrected chi connectivity index (χ2v) is 7.14. The van der Waals surface area contributed by atoms with E-state index in [-0.39, 0.29) is 6.10 Å². The topological polar surface area (TPSA) is 54.8 Å². The molecule has 5 nitrogen and oxygen atoms in total. The van der Waals surface area contributed by atoms with Gasteiger partial charge in [-0.05, 0) is 29.9 Å². The van der Waals surface area contributed by atoms with Gasteiger partial charge in [-0.3, -0.25) is 0 Å². The highest BCUT2D eigenvalue weighted by Crippen LogP contribution is 2.44. The first-order valence-electron chi connectivity index (χ1n) is 8.10. The third-order valence-electron chi connectivity index (χ3n) is 4.77. The first-order valence-corrected chi connectivity index (χ1v) is 8.91. The standard InChI is InChI=1S/C19H16N2O3S/c1-23-15-4-7-20-18-16(15)13-5-8-21(19(22)17(13)25-18)12-2-3-14-11(10-12)6-9-24-14/h2,4-10,14,19,22H,3H2,1H3. The van der Waals surface area contributed by atoms with E-state index >= 15 is 0 Å². The molecule has 0 amide bonds. The zero-order chi connectivity index (χ0) is 17.0. The second kappa shape index (κ2) is 5.47. The molecular weight excluding hydrogens is 336 g/mol. The van der Waals surface area contributed by atoms with Crippen LogP contribution in [0.3, 0.4) is 0 Å². The molecule has 0 fully saturated rings. The van der Waals surface area contributed by atoms with Crippen LogP contribution in [-0.2, 0) is 4.74 Å². The Morgan fingerprint density at radius 1 is 1.40 bits per heavy atom. The Morgan fingerprint density at radius 2 is 2.32 bits per heavy atom. The van der Waals surface area contributed by atoms with Crippen LogP contribution < -0.4 is 4.74 Å². The van der Waals surface area contributed by atoms with Crippen LogP contribution in [0.1, 0.15) is 23.1 Å². The number of pyridine rings is 1. The summed E-state index contributed by atoms with van der Waals surface area (Å²) in [4.78, 5) is 8.08. The van der Waals surface area contributed by atoms with E-state index in [2.05, 4.69) is 17.1 Å². The van der Waals surface area contributed by atoms with E-state index in [9.17, 15) is 5.11 Å². The Hall–Kier alpha value is -2.57. The molecule has 3 aliphatic rings. The van der Waals surface area contributed by atoms with E-state index in [0.717, 1.165) is 44.1 Å². The summed E-state index contributed by atoms with van der Waals surface area (Å²) in [5, 5.41) is 11.9. The Labute approximate surface area is 148 Å². The Bertz CT molecular complexity index is 986. The third-order valence-corrected chi connectivity index (χ3v) is 5.92. The summed E-state index contributed by atoms with van der Waals surface area (Å²) in [6, 6.07) is 1.85. The maximum atomic E-state index is 11.0. The minimum absolute atomic E-state index is 0.114. The maximum absolute atomic E-state index is 11.0. The van der Waals surface area contributed by atoms with E-state index in [1.54, 1.807) is 19.6 Å². The zero-order valence-electron chi connectivity index (χ0n) is 13.5. The molecule has 0 radical (unpaired) electrons. The first-order chi connectivity index (χ1) is 12.3. The molecule has 0 aromatic carbocycles. The van der Waals surface area contributed by atoms with Gasteiger partial charge in [-0.25, -0.2) is 4.98 Å². The van der Waals surface area contributed by atoms with Gasteiger partial charge >= 0.3 is 0 Å². The van der Waals surface area contributed by atoms with Crippen molar-refractivity contribution >= 4 is 27.6 Å². The van der Waals surface area contributed by atoms with E-state index in [1.807, 2.05) is 29.3 Å². The largest absolute Gasteiger partial charge is 0.496 e. The lowest BCUT2D eigenvalue weighted by atomic mass is 9.99. The number of aromatic nitrogens is 1. The van der Waals surface area contributed by atoms with Gasteiger partial charge in [0.1, 0.15) is 16.7 Å². The molecule has 2 atom stereocenters. The predicted molar refractivity (Wildman–Crippen MR) is 96.8 cm³/mol. The fraction of sp³-hybridized carbons (Fsp3) is 0.211. The van der Waals surface area contributed by atoms with Gasteiger partial charge in [-0.15, -0.1) is 11.3 Å². The number of nitrogens with zero attached hydrogens (tertiary/aromatic N) is 2. The smallest absolute Gasteiger partial charge is 0.167 e. The summed E-state index contributed by atoms with van der Waals surface area (Å²) in [7, 11) is 1.65. The molecule has 2 unspecified atom stereocenters. The second-order valence-electron chi connectivity index (χ2n) is 6.11. The van der Waals surface area contributed by atoms with Crippen LogP contribution >= 0.6 is 11.3 Å². The Morgan fingerprint density at radius 3 is 3.20 bits per heavy atom. The van der Waals surface area contributed by atoms with Crippen molar-refractivity contribution in [3.63, 3.8) is 0 Å². The van der Waals surface area contributed by atoms with E-state index in [0.29, 0.717) is 0 Å². The average molecular weight is 352 g/mol. The molecular formula is C19H16N2O3S. The number of methoxy groups -OCH3 is 1. The summed E-state index contributed by atoms with van der Waals surface area (Å²) >= 11 is 1.50. The van der Waals surface area contributed by atoms with Crippen molar-refractivity contribution in [2.45, 2.75) is 18.8 Å². The van der Waals surface area contributed by atoms with Gasteiger partial charge in [0, 0.05) is 30.1 Å². The molecule has 0 spiro atoms. The van der Waals surface area contributed by atoms with E-state index in [4.69, 9.17) is 9.47 Å². The highest BCUT2D eigenvalue weighted by molar-refractivity contribution is 7.19. The molecule has 6 heteroatoms. The number of ether oxygens (including phenoxy) is 2. The number of allylic oxidation sites excluding steroid dienone is 1. The number of rotatable bonds is 2. The fourth-order valence-corrected chi connectivity index (χ4v) is 4.65. The van der Waals surface area contributed by atoms with Crippen LogP contribution in [-0.4, -0.2) is 28.2 Å². The summed E-state index contributed by atoms with van der Waals surface area (Å²) in [6.07, 6.45) is 13.8. The van der Waals surface area contributed by atoms with Crippen LogP contribution in [0.2, 0.25) is 0 Å².